The second-order valence-corrected chi connectivity index (χ2v) is 8.39. The SMILES string of the molecule is O=C(CN1CCCC1Cn1cccn1)NC1CCS(=O)(=O)C1. The number of rotatable bonds is 5. The van der Waals surface area contributed by atoms with E-state index >= 15 is 0 Å². The van der Waals surface area contributed by atoms with Crippen LogP contribution in [0.1, 0.15) is 19.3 Å². The third-order valence-electron chi connectivity index (χ3n) is 4.40. The molecule has 0 spiro atoms. The van der Waals surface area contributed by atoms with Crippen LogP contribution in [0.3, 0.4) is 0 Å². The Hall–Kier alpha value is -1.41. The minimum Gasteiger partial charge on any atom is -0.351 e. The maximum Gasteiger partial charge on any atom is 0.234 e. The minimum atomic E-state index is -2.95. The van der Waals surface area contributed by atoms with Gasteiger partial charge in [-0.1, -0.05) is 0 Å². The molecule has 1 N–H and O–H groups in total. The third kappa shape index (κ3) is 3.86. The topological polar surface area (TPSA) is 84.3 Å². The van der Waals surface area contributed by atoms with E-state index in [1.165, 1.54) is 0 Å². The first-order chi connectivity index (χ1) is 10.5. The van der Waals surface area contributed by atoms with Gasteiger partial charge in [0.2, 0.25) is 5.91 Å². The highest BCUT2D eigenvalue weighted by Gasteiger charge is 2.31. The van der Waals surface area contributed by atoms with Crippen LogP contribution in [0, 0.1) is 0 Å². The summed E-state index contributed by atoms with van der Waals surface area (Å²) in [5.74, 6) is 0.188. The highest BCUT2D eigenvalue weighted by Crippen LogP contribution is 2.18. The van der Waals surface area contributed by atoms with E-state index in [0.717, 1.165) is 25.9 Å². The smallest absolute Gasteiger partial charge is 0.234 e. The average Bonchev–Trinajstić information content (AvgIpc) is 3.14. The molecule has 1 aromatic heterocycles. The van der Waals surface area contributed by atoms with Crippen molar-refractivity contribution in [3.8, 4) is 0 Å². The maximum atomic E-state index is 12.1. The van der Waals surface area contributed by atoms with Gasteiger partial charge in [0, 0.05) is 24.5 Å². The Morgan fingerprint density at radius 3 is 2.91 bits per heavy atom. The lowest BCUT2D eigenvalue weighted by Gasteiger charge is -2.24. The van der Waals surface area contributed by atoms with Gasteiger partial charge in [-0.15, -0.1) is 0 Å². The molecule has 2 unspecified atom stereocenters. The first-order valence-electron chi connectivity index (χ1n) is 7.73. The summed E-state index contributed by atoms with van der Waals surface area (Å²) in [5.41, 5.74) is 0. The van der Waals surface area contributed by atoms with Gasteiger partial charge < -0.3 is 5.32 Å². The molecule has 22 heavy (non-hydrogen) atoms. The Morgan fingerprint density at radius 2 is 2.23 bits per heavy atom. The predicted octanol–water partition coefficient (Wildman–Crippen LogP) is -0.349. The second kappa shape index (κ2) is 6.37. The van der Waals surface area contributed by atoms with E-state index < -0.39 is 9.84 Å². The van der Waals surface area contributed by atoms with E-state index in [1.54, 1.807) is 6.20 Å². The van der Waals surface area contributed by atoms with E-state index in [9.17, 15) is 13.2 Å². The zero-order valence-corrected chi connectivity index (χ0v) is 13.3. The molecule has 2 aliphatic heterocycles. The molecule has 0 radical (unpaired) electrons. The monoisotopic (exact) mass is 326 g/mol. The Bertz CT molecular complexity index is 614. The molecular weight excluding hydrogens is 304 g/mol. The normalized spacial score (nSPS) is 28.0. The number of nitrogens with zero attached hydrogens (tertiary/aromatic N) is 3. The Kier molecular flexibility index (Phi) is 4.49. The maximum absolute atomic E-state index is 12.1. The molecule has 2 aliphatic rings. The standard InChI is InChI=1S/C14H22N4O3S/c19-14(16-12-4-8-22(20,21)11-12)10-17-6-1-3-13(17)9-18-7-2-5-15-18/h2,5,7,12-13H,1,3-4,6,8-11H2,(H,16,19). The highest BCUT2D eigenvalue weighted by molar-refractivity contribution is 7.91. The molecule has 2 fully saturated rings. The minimum absolute atomic E-state index is 0.0746. The Balaban J connectivity index is 1.50. The summed E-state index contributed by atoms with van der Waals surface area (Å²) < 4.78 is 24.7. The number of likely N-dealkylation sites (tertiary alicyclic amines) is 1. The second-order valence-electron chi connectivity index (χ2n) is 6.16. The molecule has 3 rings (SSSR count). The number of amides is 1. The lowest BCUT2D eigenvalue weighted by molar-refractivity contribution is -0.123. The van der Waals surface area contributed by atoms with Crippen molar-refractivity contribution in [3.63, 3.8) is 0 Å². The molecular formula is C14H22N4O3S. The van der Waals surface area contributed by atoms with Crippen molar-refractivity contribution in [2.24, 2.45) is 0 Å². The van der Waals surface area contributed by atoms with E-state index in [1.807, 2.05) is 16.9 Å². The van der Waals surface area contributed by atoms with E-state index in [-0.39, 0.29) is 23.5 Å². The lowest BCUT2D eigenvalue weighted by Crippen LogP contribution is -2.45. The van der Waals surface area contributed by atoms with Crippen LogP contribution in [0.4, 0.5) is 0 Å². The fraction of sp³-hybridized carbons (Fsp3) is 0.714. The summed E-state index contributed by atoms with van der Waals surface area (Å²) in [6.45, 7) is 2.03. The Labute approximate surface area is 130 Å². The van der Waals surface area contributed by atoms with Crippen molar-refractivity contribution in [1.82, 2.24) is 20.0 Å². The van der Waals surface area contributed by atoms with Crippen molar-refractivity contribution in [1.29, 1.82) is 0 Å². The number of carbonyl (C=O) groups is 1. The number of carbonyl (C=O) groups excluding carboxylic acids is 1. The van der Waals surface area contributed by atoms with Crippen LogP contribution in [0.5, 0.6) is 0 Å². The van der Waals surface area contributed by atoms with Crippen LogP contribution in [-0.4, -0.2) is 65.7 Å². The zero-order valence-electron chi connectivity index (χ0n) is 12.5. The van der Waals surface area contributed by atoms with Gasteiger partial charge in [0.25, 0.3) is 0 Å². The van der Waals surface area contributed by atoms with Crippen LogP contribution in [-0.2, 0) is 21.2 Å². The fourth-order valence-electron chi connectivity index (χ4n) is 3.30. The first kappa shape index (κ1) is 15.5. The summed E-state index contributed by atoms with van der Waals surface area (Å²) in [7, 11) is -2.95. The number of sulfone groups is 1. The highest BCUT2D eigenvalue weighted by atomic mass is 32.2. The van der Waals surface area contributed by atoms with Crippen molar-refractivity contribution >= 4 is 15.7 Å². The molecule has 1 amide bonds. The first-order valence-corrected chi connectivity index (χ1v) is 9.55. The largest absolute Gasteiger partial charge is 0.351 e. The average molecular weight is 326 g/mol. The molecule has 122 valence electrons. The van der Waals surface area contributed by atoms with Crippen LogP contribution >= 0.6 is 0 Å². The molecule has 7 nitrogen and oxygen atoms in total. The number of hydrogen-bond donors (Lipinski definition) is 1. The zero-order chi connectivity index (χ0) is 15.6. The number of hydrogen-bond acceptors (Lipinski definition) is 5. The summed E-state index contributed by atoms with van der Waals surface area (Å²) in [5, 5.41) is 7.07. The number of nitrogens with one attached hydrogen (secondary N) is 1. The quantitative estimate of drug-likeness (QED) is 0.800. The van der Waals surface area contributed by atoms with Crippen molar-refractivity contribution in [2.75, 3.05) is 24.6 Å². The molecule has 2 atom stereocenters. The fourth-order valence-corrected chi connectivity index (χ4v) is 4.97. The number of aromatic nitrogens is 2. The molecule has 1 aromatic rings. The molecule has 0 aliphatic carbocycles. The molecule has 2 saturated heterocycles. The summed E-state index contributed by atoms with van der Waals surface area (Å²) in [6, 6.07) is 2.00. The van der Waals surface area contributed by atoms with Gasteiger partial charge in [0.1, 0.15) is 0 Å². The lowest BCUT2D eigenvalue weighted by atomic mass is 10.2. The van der Waals surface area contributed by atoms with Crippen LogP contribution in [0.2, 0.25) is 0 Å². The van der Waals surface area contributed by atoms with Crippen molar-refractivity contribution < 1.29 is 13.2 Å². The van der Waals surface area contributed by atoms with Crippen LogP contribution < -0.4 is 5.32 Å². The van der Waals surface area contributed by atoms with Crippen LogP contribution in [0.15, 0.2) is 18.5 Å². The molecule has 0 aromatic carbocycles. The van der Waals surface area contributed by atoms with Gasteiger partial charge in [-0.25, -0.2) is 8.42 Å². The van der Waals surface area contributed by atoms with E-state index in [2.05, 4.69) is 15.3 Å². The van der Waals surface area contributed by atoms with Crippen molar-refractivity contribution in [3.05, 3.63) is 18.5 Å². The Morgan fingerprint density at radius 1 is 1.36 bits per heavy atom. The third-order valence-corrected chi connectivity index (χ3v) is 6.17. The van der Waals surface area contributed by atoms with Crippen molar-refractivity contribution in [2.45, 2.75) is 37.9 Å². The molecule has 8 heteroatoms. The molecule has 0 saturated carbocycles. The summed E-state index contributed by atoms with van der Waals surface area (Å²) >= 11 is 0. The van der Waals surface area contributed by atoms with E-state index in [0.29, 0.717) is 19.0 Å². The van der Waals surface area contributed by atoms with Gasteiger partial charge in [-0.3, -0.25) is 14.4 Å². The van der Waals surface area contributed by atoms with Gasteiger partial charge in [0.15, 0.2) is 9.84 Å². The van der Waals surface area contributed by atoms with Gasteiger partial charge >= 0.3 is 0 Å². The molecule has 3 heterocycles. The van der Waals surface area contributed by atoms with E-state index in [4.69, 9.17) is 0 Å². The summed E-state index contributed by atoms with van der Waals surface area (Å²) in [4.78, 5) is 14.3. The van der Waals surface area contributed by atoms with Gasteiger partial charge in [0.05, 0.1) is 24.6 Å². The van der Waals surface area contributed by atoms with Gasteiger partial charge in [-0.05, 0) is 31.9 Å². The van der Waals surface area contributed by atoms with Gasteiger partial charge in [-0.2, -0.15) is 5.10 Å². The predicted molar refractivity (Wildman–Crippen MR) is 82.0 cm³/mol. The van der Waals surface area contributed by atoms with Crippen LogP contribution in [0.25, 0.3) is 0 Å². The molecule has 0 bridgehead atoms. The summed E-state index contributed by atoms with van der Waals surface area (Å²) in [6.07, 6.45) is 6.36.